The van der Waals surface area contributed by atoms with Crippen molar-refractivity contribution < 1.29 is 69.8 Å². The Hall–Kier alpha value is -3.04. The maximum absolute atomic E-state index is 12.0. The second-order valence-electron chi connectivity index (χ2n) is 13.9. The summed E-state index contributed by atoms with van der Waals surface area (Å²) in [6.07, 6.45) is 9.46. The van der Waals surface area contributed by atoms with Crippen molar-refractivity contribution in [1.29, 1.82) is 0 Å². The summed E-state index contributed by atoms with van der Waals surface area (Å²) in [5.41, 5.74) is 2.77. The number of hydrogen-bond acceptors (Lipinski definition) is 9. The summed E-state index contributed by atoms with van der Waals surface area (Å²) in [4.78, 5) is 12.8. The molecule has 1 N–H and O–H groups in total. The van der Waals surface area contributed by atoms with E-state index in [4.69, 9.17) is 4.42 Å². The Bertz CT molecular complexity index is 2120. The minimum absolute atomic E-state index is 0. The van der Waals surface area contributed by atoms with Crippen molar-refractivity contribution in [3.05, 3.63) is 94.7 Å². The zero-order valence-corrected chi connectivity index (χ0v) is 34.6. The van der Waals surface area contributed by atoms with Gasteiger partial charge in [0.2, 0.25) is 5.36 Å². The number of hydrogen-bond donors (Lipinski definition) is 1. The number of aliphatic carboxylic acids is 1. The zero-order valence-electron chi connectivity index (χ0n) is 31.0. The summed E-state index contributed by atoms with van der Waals surface area (Å²) in [7, 11) is -9.30. The first-order chi connectivity index (χ1) is 23.8. The van der Waals surface area contributed by atoms with E-state index < -0.39 is 42.3 Å². The van der Waals surface area contributed by atoms with E-state index in [2.05, 4.69) is 57.4 Å². The maximum Gasteiger partial charge on any atom is 1.00 e. The molecule has 0 fully saturated rings. The summed E-state index contributed by atoms with van der Waals surface area (Å²) in [6.45, 7) is 14.4. The van der Waals surface area contributed by atoms with E-state index in [9.17, 15) is 35.8 Å². The molecule has 2 aliphatic heterocycles. The Labute approximate surface area is 329 Å². The van der Waals surface area contributed by atoms with Gasteiger partial charge in [0.05, 0.1) is 21.1 Å². The van der Waals surface area contributed by atoms with Gasteiger partial charge in [-0.05, 0) is 99.1 Å². The number of anilines is 1. The molecular formula is C38H47N2NaO9S2. The van der Waals surface area contributed by atoms with Crippen LogP contribution in [-0.4, -0.2) is 62.4 Å². The monoisotopic (exact) mass is 762 g/mol. The number of carbonyl (C=O) groups is 1. The molecule has 1 atom stereocenters. The third-order valence-electron chi connectivity index (χ3n) is 9.28. The molecule has 0 spiro atoms. The number of carboxylic acid groups (broad SMARTS) is 1. The zero-order chi connectivity index (χ0) is 37.8. The van der Waals surface area contributed by atoms with Crippen LogP contribution >= 0.6 is 0 Å². The SMILES string of the molecule is CC[N+](CC)=c1ccc2c(C(C)(C)C)cc(/C=C/C=C/C=C3\N(CCCS(=O)(=O)[O-])c4ccc(S(=O)(=O)[O-])cc4C3(C)CCCC(=O)O)oc-2c1.[Na+]. The van der Waals surface area contributed by atoms with Crippen LogP contribution in [0.25, 0.3) is 17.4 Å². The van der Waals surface area contributed by atoms with Crippen molar-refractivity contribution in [2.75, 3.05) is 30.3 Å². The maximum atomic E-state index is 12.0. The number of allylic oxidation sites excluding steroid dienone is 5. The first-order valence-corrected chi connectivity index (χ1v) is 20.0. The average Bonchev–Trinajstić information content (AvgIpc) is 3.25. The molecule has 0 aromatic heterocycles. The fourth-order valence-electron chi connectivity index (χ4n) is 6.73. The smallest absolute Gasteiger partial charge is 0.748 e. The number of fused-ring (bicyclic) bond motifs is 2. The van der Waals surface area contributed by atoms with E-state index in [1.807, 2.05) is 25.1 Å². The van der Waals surface area contributed by atoms with Crippen LogP contribution in [0.15, 0.2) is 81.8 Å². The van der Waals surface area contributed by atoms with E-state index in [-0.39, 0.29) is 60.8 Å². The van der Waals surface area contributed by atoms with Crippen molar-refractivity contribution in [3.8, 4) is 11.3 Å². The molecule has 0 saturated heterocycles. The Kier molecular flexibility index (Phi) is 14.5. The Balaban J connectivity index is 0.00000729. The summed E-state index contributed by atoms with van der Waals surface area (Å²) >= 11 is 0. The van der Waals surface area contributed by atoms with E-state index in [0.717, 1.165) is 35.3 Å². The van der Waals surface area contributed by atoms with Gasteiger partial charge in [0.25, 0.3) is 0 Å². The van der Waals surface area contributed by atoms with Crippen molar-refractivity contribution in [3.63, 3.8) is 0 Å². The molecule has 2 heterocycles. The predicted molar refractivity (Wildman–Crippen MR) is 196 cm³/mol. The third-order valence-corrected chi connectivity index (χ3v) is 10.9. The number of carboxylic acids is 1. The van der Waals surface area contributed by atoms with E-state index in [1.54, 1.807) is 23.1 Å². The standard InChI is InChI=1S/C38H48N2O9S2.Na/c1-7-39(8-2)27-17-19-30-31(37(3,4)5)25-28(49-34(30)24-27)14-10-9-11-15-35-38(6,21-12-16-36(41)42)32-26-29(51(46,47)48)18-20-33(32)40(35)22-13-23-50(43,44)45;/h9-11,14-15,17-20,24-26H,7-8,12-13,16,21-23H2,1-6H3,(H2-,41,42,43,44,45,46,47,48);/q;+1/p-1. The van der Waals surface area contributed by atoms with E-state index in [0.29, 0.717) is 29.1 Å². The molecule has 1 aliphatic carbocycles. The van der Waals surface area contributed by atoms with Crippen LogP contribution in [0.4, 0.5) is 5.69 Å². The van der Waals surface area contributed by atoms with Crippen molar-refractivity contribution >= 4 is 38.0 Å². The molecule has 0 amide bonds. The van der Waals surface area contributed by atoms with Gasteiger partial charge in [0.15, 0.2) is 0 Å². The van der Waals surface area contributed by atoms with Gasteiger partial charge < -0.3 is 23.5 Å². The molecule has 0 bridgehead atoms. The molecule has 4 rings (SSSR count). The van der Waals surface area contributed by atoms with Crippen LogP contribution in [0.3, 0.4) is 0 Å². The molecule has 52 heavy (non-hydrogen) atoms. The van der Waals surface area contributed by atoms with Crippen LogP contribution in [0.5, 0.6) is 0 Å². The molecule has 14 heteroatoms. The van der Waals surface area contributed by atoms with Gasteiger partial charge in [-0.1, -0.05) is 39.0 Å². The fourth-order valence-corrected chi connectivity index (χ4v) is 7.71. The molecule has 0 radical (unpaired) electrons. The minimum atomic E-state index is -4.80. The Morgan fingerprint density at radius 2 is 1.67 bits per heavy atom. The largest absolute Gasteiger partial charge is 1.00 e. The first-order valence-electron chi connectivity index (χ1n) is 17.0. The van der Waals surface area contributed by atoms with Gasteiger partial charge in [-0.2, -0.15) is 0 Å². The summed E-state index contributed by atoms with van der Waals surface area (Å²) in [5.74, 6) is -0.164. The number of nitrogens with zero attached hydrogens (tertiary/aromatic N) is 2. The molecular weight excluding hydrogens is 716 g/mol. The Morgan fingerprint density at radius 1 is 0.981 bits per heavy atom. The van der Waals surface area contributed by atoms with Gasteiger partial charge in [0.1, 0.15) is 34.7 Å². The third kappa shape index (κ3) is 10.6. The molecule has 1 unspecified atom stereocenters. The topological polar surface area (TPSA) is 171 Å². The van der Waals surface area contributed by atoms with Gasteiger partial charge in [-0.15, -0.1) is 0 Å². The van der Waals surface area contributed by atoms with Crippen LogP contribution < -0.4 is 44.4 Å². The second kappa shape index (κ2) is 17.4. The predicted octanol–water partition coefficient (Wildman–Crippen LogP) is 2.82. The van der Waals surface area contributed by atoms with Crippen molar-refractivity contribution in [2.45, 2.75) is 83.0 Å². The van der Waals surface area contributed by atoms with Gasteiger partial charge in [-0.3, -0.25) is 4.79 Å². The van der Waals surface area contributed by atoms with Gasteiger partial charge in [-0.25, -0.2) is 21.4 Å². The first kappa shape index (κ1) is 43.4. The fraction of sp³-hybridized carbons (Fsp3) is 0.421. The molecule has 3 aliphatic rings. The van der Waals surface area contributed by atoms with Crippen molar-refractivity contribution in [2.24, 2.45) is 0 Å². The molecule has 0 saturated carbocycles. The minimum Gasteiger partial charge on any atom is -0.748 e. The van der Waals surface area contributed by atoms with Crippen LogP contribution in [0.1, 0.15) is 84.1 Å². The normalized spacial score (nSPS) is 17.3. The summed E-state index contributed by atoms with van der Waals surface area (Å²) in [6, 6.07) is 12.3. The number of rotatable bonds is 14. The summed E-state index contributed by atoms with van der Waals surface area (Å²) in [5, 5.41) is 10.4. The molecule has 276 valence electrons. The van der Waals surface area contributed by atoms with E-state index in [1.165, 1.54) is 18.2 Å². The van der Waals surface area contributed by atoms with Crippen molar-refractivity contribution in [1.82, 2.24) is 4.58 Å². The summed E-state index contributed by atoms with van der Waals surface area (Å²) < 4.78 is 78.8. The average molecular weight is 763 g/mol. The Morgan fingerprint density at radius 3 is 2.27 bits per heavy atom. The van der Waals surface area contributed by atoms with Gasteiger partial charge in [0, 0.05) is 47.1 Å². The number of benzene rings is 2. The molecule has 1 aromatic carbocycles. The van der Waals surface area contributed by atoms with Gasteiger partial charge >= 0.3 is 35.5 Å². The van der Waals surface area contributed by atoms with E-state index >= 15 is 0 Å². The molecule has 1 aromatic rings. The quantitative estimate of drug-likeness (QED) is 0.112. The van der Waals surface area contributed by atoms with Crippen LogP contribution in [0, 0.1) is 0 Å². The second-order valence-corrected chi connectivity index (χ2v) is 16.8. The molecule has 11 nitrogen and oxygen atoms in total. The van der Waals surface area contributed by atoms with Crippen LogP contribution in [-0.2, 0) is 35.9 Å². The van der Waals surface area contributed by atoms with Crippen LogP contribution in [0.2, 0.25) is 0 Å².